The molecule has 0 aromatic heterocycles. The summed E-state index contributed by atoms with van der Waals surface area (Å²) in [5.74, 6) is -0.746. The average molecular weight is 601 g/mol. The quantitative estimate of drug-likeness (QED) is 0.164. The third kappa shape index (κ3) is 9.33. The third-order valence-electron chi connectivity index (χ3n) is 8.07. The fourth-order valence-electron chi connectivity index (χ4n) is 6.13. The average Bonchev–Trinajstić information content (AvgIpc) is 3.04. The summed E-state index contributed by atoms with van der Waals surface area (Å²) in [4.78, 5) is 77.8. The van der Waals surface area contributed by atoms with Gasteiger partial charge in [-0.15, -0.1) is 0 Å². The third-order valence-corrected chi connectivity index (χ3v) is 10.4. The number of ketones is 1. The molecule has 11 nitrogen and oxygen atoms in total. The molecule has 0 spiro atoms. The van der Waals surface area contributed by atoms with Crippen molar-refractivity contribution in [2.45, 2.75) is 102 Å². The molecule has 13 heteroatoms. The zero-order valence-corrected chi connectivity index (χ0v) is 24.7. The predicted octanol–water partition coefficient (Wildman–Crippen LogP) is 2.33. The van der Waals surface area contributed by atoms with Crippen molar-refractivity contribution in [1.29, 1.82) is 0 Å². The van der Waals surface area contributed by atoms with Gasteiger partial charge in [0.1, 0.15) is 6.04 Å². The Morgan fingerprint density at radius 2 is 1.57 bits per heavy atom. The molecule has 0 bridgehead atoms. The number of rotatable bonds is 11. The highest BCUT2D eigenvalue weighted by atomic mass is 31.2. The number of nitrogens with one attached hydrogen (secondary N) is 2. The van der Waals surface area contributed by atoms with Gasteiger partial charge in [0.05, 0.1) is 16.7 Å². The van der Waals surface area contributed by atoms with Crippen molar-refractivity contribution in [3.8, 4) is 0 Å². The lowest BCUT2D eigenvalue weighted by atomic mass is 9.83. The Labute approximate surface area is 235 Å². The van der Waals surface area contributed by atoms with Gasteiger partial charge < -0.3 is 30.2 Å². The van der Waals surface area contributed by atoms with E-state index in [2.05, 4.69) is 10.6 Å². The van der Waals surface area contributed by atoms with Gasteiger partial charge in [-0.2, -0.15) is 0 Å². The first-order valence-corrected chi connectivity index (χ1v) is 17.3. The Kier molecular flexibility index (Phi) is 11.7. The van der Waals surface area contributed by atoms with Gasteiger partial charge >= 0.3 is 15.2 Å². The number of hydrogen-bond donors (Lipinski definition) is 6. The molecule has 40 heavy (non-hydrogen) atoms. The molecule has 1 aromatic carbocycles. The number of amides is 2. The monoisotopic (exact) mass is 600 g/mol. The molecule has 224 valence electrons. The molecule has 0 radical (unpaired) electrons. The van der Waals surface area contributed by atoms with Crippen molar-refractivity contribution in [3.05, 3.63) is 23.8 Å². The fraction of sp³-hybridized carbons (Fsp3) is 0.667. The van der Waals surface area contributed by atoms with Crippen LogP contribution in [0.3, 0.4) is 0 Å². The molecule has 2 amide bonds. The molecular weight excluding hydrogens is 558 g/mol. The van der Waals surface area contributed by atoms with Crippen LogP contribution in [0.25, 0.3) is 0 Å². The Bertz CT molecular complexity index is 1160. The van der Waals surface area contributed by atoms with Crippen LogP contribution in [0, 0.1) is 11.8 Å². The highest BCUT2D eigenvalue weighted by Crippen LogP contribution is 2.41. The van der Waals surface area contributed by atoms with Crippen molar-refractivity contribution in [2.24, 2.45) is 11.8 Å². The molecule has 2 saturated carbocycles. The van der Waals surface area contributed by atoms with E-state index in [4.69, 9.17) is 0 Å². The van der Waals surface area contributed by atoms with Gasteiger partial charge in [-0.3, -0.25) is 23.5 Å². The first-order chi connectivity index (χ1) is 18.8. The lowest BCUT2D eigenvalue weighted by molar-refractivity contribution is -0.132. The Hall–Kier alpha value is -1.87. The highest BCUT2D eigenvalue weighted by molar-refractivity contribution is 7.67. The van der Waals surface area contributed by atoms with Gasteiger partial charge in [-0.05, 0) is 36.8 Å². The van der Waals surface area contributed by atoms with Gasteiger partial charge in [0.25, 0.3) is 0 Å². The Morgan fingerprint density at radius 1 is 0.925 bits per heavy atom. The van der Waals surface area contributed by atoms with E-state index in [0.29, 0.717) is 6.42 Å². The van der Waals surface area contributed by atoms with Crippen LogP contribution >= 0.6 is 15.2 Å². The molecule has 2 aliphatic rings. The number of benzene rings is 1. The lowest BCUT2D eigenvalue weighted by Crippen LogP contribution is -2.53. The van der Waals surface area contributed by atoms with Crippen LogP contribution in [0.1, 0.15) is 89.5 Å². The SMILES string of the molecule is CC(=O)NC(Cc1cccc(P(=O)(O)O)c1P(=O)(O)O)C(=O)NC1CCCCC(CCCC2CCCCC2)C1=O. The van der Waals surface area contributed by atoms with E-state index in [0.717, 1.165) is 50.5 Å². The molecule has 0 heterocycles. The van der Waals surface area contributed by atoms with Crippen LogP contribution in [0.5, 0.6) is 0 Å². The van der Waals surface area contributed by atoms with Crippen LogP contribution in [0.2, 0.25) is 0 Å². The topological polar surface area (TPSA) is 190 Å². The second kappa shape index (κ2) is 14.3. The zero-order chi connectivity index (χ0) is 29.5. The van der Waals surface area contributed by atoms with Crippen molar-refractivity contribution < 1.29 is 43.1 Å². The van der Waals surface area contributed by atoms with E-state index in [9.17, 15) is 43.1 Å². The second-order valence-electron chi connectivity index (χ2n) is 11.2. The maximum absolute atomic E-state index is 13.4. The number of carbonyl (C=O) groups excluding carboxylic acids is 3. The summed E-state index contributed by atoms with van der Waals surface area (Å²) >= 11 is 0. The molecule has 1 aromatic rings. The first kappa shape index (κ1) is 32.6. The van der Waals surface area contributed by atoms with Crippen molar-refractivity contribution in [3.63, 3.8) is 0 Å². The normalized spacial score (nSPS) is 21.9. The summed E-state index contributed by atoms with van der Waals surface area (Å²) in [6, 6.07) is 1.32. The highest BCUT2D eigenvalue weighted by Gasteiger charge is 2.36. The standard InChI is InChI=1S/C27H42N2O9P2/c1-18(30)28-23(17-21-14-8-16-24(39(33,34)35)26(21)40(36,37)38)27(32)29-22-15-6-5-12-20(25(22)31)13-7-11-19-9-3-2-4-10-19/h8,14,16,19-20,22-23H,2-7,9-13,15,17H2,1H3,(H,28,30)(H,29,32)(H2,33,34,35)(H2,36,37,38). The van der Waals surface area contributed by atoms with Crippen LogP contribution < -0.4 is 21.2 Å². The van der Waals surface area contributed by atoms with E-state index in [1.54, 1.807) is 0 Å². The molecule has 3 atom stereocenters. The summed E-state index contributed by atoms with van der Waals surface area (Å²) in [7, 11) is -10.2. The Morgan fingerprint density at radius 3 is 2.20 bits per heavy atom. The maximum Gasteiger partial charge on any atom is 0.357 e. The van der Waals surface area contributed by atoms with E-state index < -0.39 is 56.1 Å². The zero-order valence-electron chi connectivity index (χ0n) is 23.0. The molecule has 3 rings (SSSR count). The van der Waals surface area contributed by atoms with Gasteiger partial charge in [-0.25, -0.2) is 0 Å². The van der Waals surface area contributed by atoms with Gasteiger partial charge in [0.15, 0.2) is 5.78 Å². The molecule has 3 unspecified atom stereocenters. The van der Waals surface area contributed by atoms with Gasteiger partial charge in [0, 0.05) is 19.3 Å². The minimum absolute atomic E-state index is 0.0320. The van der Waals surface area contributed by atoms with Crippen LogP contribution in [0.4, 0.5) is 0 Å². The molecule has 2 fully saturated rings. The van der Waals surface area contributed by atoms with E-state index in [1.807, 2.05) is 0 Å². The Balaban J connectivity index is 1.75. The number of hydrogen-bond acceptors (Lipinski definition) is 5. The van der Waals surface area contributed by atoms with Gasteiger partial charge in [0.2, 0.25) is 11.8 Å². The smallest absolute Gasteiger partial charge is 0.344 e. The number of Topliss-reactive ketones (excluding diaryl/α,β-unsaturated/α-hetero) is 1. The minimum Gasteiger partial charge on any atom is -0.344 e. The minimum atomic E-state index is -5.18. The molecule has 6 N–H and O–H groups in total. The van der Waals surface area contributed by atoms with Crippen molar-refractivity contribution in [2.75, 3.05) is 0 Å². The predicted molar refractivity (Wildman–Crippen MR) is 150 cm³/mol. The van der Waals surface area contributed by atoms with Crippen LogP contribution in [0.15, 0.2) is 18.2 Å². The second-order valence-corrected chi connectivity index (χ2v) is 14.3. The summed E-state index contributed by atoms with van der Waals surface area (Å²) in [5.41, 5.74) is -0.184. The largest absolute Gasteiger partial charge is 0.357 e. The van der Waals surface area contributed by atoms with Crippen molar-refractivity contribution >= 4 is 43.4 Å². The maximum atomic E-state index is 13.4. The van der Waals surface area contributed by atoms with E-state index >= 15 is 0 Å². The van der Waals surface area contributed by atoms with Crippen LogP contribution in [-0.2, 0) is 29.9 Å². The van der Waals surface area contributed by atoms with E-state index in [-0.39, 0.29) is 17.3 Å². The summed E-state index contributed by atoms with van der Waals surface area (Å²) < 4.78 is 24.2. The molecule has 0 saturated heterocycles. The summed E-state index contributed by atoms with van der Waals surface area (Å²) in [6.45, 7) is 1.18. The molecule has 0 aliphatic heterocycles. The van der Waals surface area contributed by atoms with E-state index in [1.165, 1.54) is 51.2 Å². The molecular formula is C27H42N2O9P2. The van der Waals surface area contributed by atoms with Crippen LogP contribution in [-0.4, -0.2) is 49.3 Å². The van der Waals surface area contributed by atoms with Crippen molar-refractivity contribution in [1.82, 2.24) is 10.6 Å². The first-order valence-electron chi connectivity index (χ1n) is 14.1. The summed E-state index contributed by atoms with van der Waals surface area (Å²) in [6.07, 6.45) is 11.6. The molecule has 2 aliphatic carbocycles. The number of carbonyl (C=O) groups is 3. The van der Waals surface area contributed by atoms with Gasteiger partial charge in [-0.1, -0.05) is 69.9 Å². The fourth-order valence-corrected chi connectivity index (χ4v) is 8.52. The summed E-state index contributed by atoms with van der Waals surface area (Å²) in [5, 5.41) is 3.51. The lowest BCUT2D eigenvalue weighted by Gasteiger charge is -2.25.